The van der Waals surface area contributed by atoms with Gasteiger partial charge in [-0.25, -0.2) is 23.1 Å². The Morgan fingerprint density at radius 3 is 2.41 bits per heavy atom. The number of amides is 1. The average Bonchev–Trinajstić information content (AvgIpc) is 3.49. The number of alkyl halides is 2. The number of benzene rings is 1. The van der Waals surface area contributed by atoms with Crippen LogP contribution in [0, 0.1) is 24.6 Å². The smallest absolute Gasteiger partial charge is 0.280 e. The minimum atomic E-state index is -2.66. The highest BCUT2D eigenvalue weighted by molar-refractivity contribution is 5.98. The Kier molecular flexibility index (Phi) is 5.03. The fraction of sp³-hybridized carbons (Fsp3) is 0.381. The SMILES string of the molecule is Cc1cc(C(F)F)nc(N2C[C@H]3CN(C(=O)c4c(F)cccc4-n4nccn4)C[C@H]3C2)n1. The minimum Gasteiger partial charge on any atom is -0.340 e. The third kappa shape index (κ3) is 3.57. The maximum Gasteiger partial charge on any atom is 0.280 e. The van der Waals surface area contributed by atoms with E-state index in [9.17, 15) is 18.0 Å². The van der Waals surface area contributed by atoms with Gasteiger partial charge >= 0.3 is 0 Å². The fourth-order valence-electron chi connectivity index (χ4n) is 4.54. The summed E-state index contributed by atoms with van der Waals surface area (Å²) < 4.78 is 40.9. The predicted molar refractivity (Wildman–Crippen MR) is 108 cm³/mol. The van der Waals surface area contributed by atoms with Crippen molar-refractivity contribution in [3.8, 4) is 5.69 Å². The molecule has 166 valence electrons. The Morgan fingerprint density at radius 1 is 1.06 bits per heavy atom. The summed E-state index contributed by atoms with van der Waals surface area (Å²) in [6.07, 6.45) is 0.256. The van der Waals surface area contributed by atoms with Crippen molar-refractivity contribution in [2.24, 2.45) is 11.8 Å². The van der Waals surface area contributed by atoms with Crippen LogP contribution in [0.25, 0.3) is 5.69 Å². The van der Waals surface area contributed by atoms with Crippen LogP contribution < -0.4 is 4.90 Å². The van der Waals surface area contributed by atoms with Gasteiger partial charge in [0.25, 0.3) is 12.3 Å². The number of likely N-dealkylation sites (tertiary alicyclic amines) is 1. The zero-order valence-corrected chi connectivity index (χ0v) is 17.2. The quantitative estimate of drug-likeness (QED) is 0.617. The number of nitrogens with zero attached hydrogens (tertiary/aromatic N) is 7. The molecule has 0 N–H and O–H groups in total. The number of aromatic nitrogens is 5. The highest BCUT2D eigenvalue weighted by atomic mass is 19.3. The molecule has 5 rings (SSSR count). The molecular formula is C21H20F3N7O. The fourth-order valence-corrected chi connectivity index (χ4v) is 4.54. The summed E-state index contributed by atoms with van der Waals surface area (Å²) in [6.45, 7) is 3.63. The number of hydrogen-bond donors (Lipinski definition) is 0. The van der Waals surface area contributed by atoms with E-state index in [0.717, 1.165) is 0 Å². The van der Waals surface area contributed by atoms with Crippen LogP contribution in [0.3, 0.4) is 0 Å². The van der Waals surface area contributed by atoms with Crippen molar-refractivity contribution >= 4 is 11.9 Å². The molecule has 2 saturated heterocycles. The van der Waals surface area contributed by atoms with Gasteiger partial charge in [0.1, 0.15) is 22.8 Å². The van der Waals surface area contributed by atoms with Crippen LogP contribution in [0.4, 0.5) is 19.1 Å². The van der Waals surface area contributed by atoms with Gasteiger partial charge in [-0.2, -0.15) is 15.0 Å². The first kappa shape index (κ1) is 20.4. The molecule has 1 amide bonds. The van der Waals surface area contributed by atoms with E-state index in [0.29, 0.717) is 31.9 Å². The second-order valence-corrected chi connectivity index (χ2v) is 8.12. The average molecular weight is 443 g/mol. The molecule has 0 aliphatic carbocycles. The largest absolute Gasteiger partial charge is 0.340 e. The maximum atomic E-state index is 14.7. The molecule has 3 aromatic rings. The third-order valence-corrected chi connectivity index (χ3v) is 5.98. The van der Waals surface area contributed by atoms with E-state index in [1.807, 2.05) is 4.90 Å². The van der Waals surface area contributed by atoms with Gasteiger partial charge in [-0.15, -0.1) is 0 Å². The molecule has 2 atom stereocenters. The number of halogens is 3. The number of hydrogen-bond acceptors (Lipinski definition) is 6. The Labute approximate surface area is 181 Å². The molecule has 11 heteroatoms. The molecule has 32 heavy (non-hydrogen) atoms. The Hall–Kier alpha value is -3.50. The highest BCUT2D eigenvalue weighted by Crippen LogP contribution is 2.35. The molecule has 8 nitrogen and oxygen atoms in total. The molecule has 2 fully saturated rings. The van der Waals surface area contributed by atoms with Crippen LogP contribution >= 0.6 is 0 Å². The van der Waals surface area contributed by atoms with Crippen LogP contribution in [0.1, 0.15) is 28.2 Å². The molecular weight excluding hydrogens is 423 g/mol. The summed E-state index contributed by atoms with van der Waals surface area (Å²) in [5.74, 6) is -0.514. The molecule has 0 unspecified atom stereocenters. The maximum absolute atomic E-state index is 14.7. The van der Waals surface area contributed by atoms with Crippen molar-refractivity contribution in [3.63, 3.8) is 0 Å². The second kappa shape index (κ2) is 7.88. The van der Waals surface area contributed by atoms with Crippen molar-refractivity contribution < 1.29 is 18.0 Å². The van der Waals surface area contributed by atoms with Gasteiger partial charge < -0.3 is 9.80 Å². The van der Waals surface area contributed by atoms with Crippen molar-refractivity contribution in [3.05, 3.63) is 59.4 Å². The summed E-state index contributed by atoms with van der Waals surface area (Å²) in [6, 6.07) is 5.64. The summed E-state index contributed by atoms with van der Waals surface area (Å²) in [5, 5.41) is 8.04. The van der Waals surface area contributed by atoms with Crippen molar-refractivity contribution in [2.45, 2.75) is 13.3 Å². The van der Waals surface area contributed by atoms with Crippen molar-refractivity contribution in [1.82, 2.24) is 29.9 Å². The Morgan fingerprint density at radius 2 is 1.75 bits per heavy atom. The molecule has 4 heterocycles. The van der Waals surface area contributed by atoms with Crippen LogP contribution in [-0.4, -0.2) is 61.9 Å². The van der Waals surface area contributed by atoms with Gasteiger partial charge in [-0.3, -0.25) is 4.79 Å². The first-order chi connectivity index (χ1) is 15.4. The van der Waals surface area contributed by atoms with Crippen LogP contribution in [0.2, 0.25) is 0 Å². The first-order valence-corrected chi connectivity index (χ1v) is 10.2. The lowest BCUT2D eigenvalue weighted by Crippen LogP contribution is -2.35. The van der Waals surface area contributed by atoms with Gasteiger partial charge in [-0.1, -0.05) is 6.07 Å². The number of rotatable bonds is 4. The van der Waals surface area contributed by atoms with Gasteiger partial charge in [0.05, 0.1) is 12.4 Å². The Bertz CT molecular complexity index is 1140. The number of anilines is 1. The zero-order chi connectivity index (χ0) is 22.4. The lowest BCUT2D eigenvalue weighted by molar-refractivity contribution is 0.0777. The lowest BCUT2D eigenvalue weighted by atomic mass is 10.0. The normalized spacial score (nSPS) is 20.3. The van der Waals surface area contributed by atoms with Crippen LogP contribution in [0.15, 0.2) is 36.7 Å². The van der Waals surface area contributed by atoms with E-state index in [1.165, 1.54) is 35.4 Å². The molecule has 0 spiro atoms. The number of fused-ring (bicyclic) bond motifs is 1. The molecule has 1 aromatic carbocycles. The molecule has 2 aliphatic heterocycles. The standard InChI is InChI=1S/C21H20F3N7O/c1-12-7-16(19(23)24)28-21(27-12)30-10-13-8-29(9-14(13)11-30)20(32)18-15(22)3-2-4-17(18)31-25-5-6-26-31/h2-7,13-14,19H,8-11H2,1H3/t13-,14+. The summed E-state index contributed by atoms with van der Waals surface area (Å²) in [7, 11) is 0. The number of carbonyl (C=O) groups is 1. The zero-order valence-electron chi connectivity index (χ0n) is 17.2. The molecule has 2 aromatic heterocycles. The van der Waals surface area contributed by atoms with Gasteiger partial charge in [0.15, 0.2) is 0 Å². The van der Waals surface area contributed by atoms with Gasteiger partial charge in [0, 0.05) is 43.7 Å². The topological polar surface area (TPSA) is 80.0 Å². The highest BCUT2D eigenvalue weighted by Gasteiger charge is 2.43. The van der Waals surface area contributed by atoms with Crippen LogP contribution in [0.5, 0.6) is 0 Å². The molecule has 2 aliphatic rings. The van der Waals surface area contributed by atoms with E-state index in [1.54, 1.807) is 17.9 Å². The molecule has 0 saturated carbocycles. The lowest BCUT2D eigenvalue weighted by Gasteiger charge is -2.23. The number of aryl methyl sites for hydroxylation is 1. The van der Waals surface area contributed by atoms with E-state index in [4.69, 9.17) is 0 Å². The van der Waals surface area contributed by atoms with Crippen molar-refractivity contribution in [1.29, 1.82) is 0 Å². The molecule has 0 bridgehead atoms. The first-order valence-electron chi connectivity index (χ1n) is 10.2. The van der Waals surface area contributed by atoms with E-state index >= 15 is 0 Å². The summed E-state index contributed by atoms with van der Waals surface area (Å²) >= 11 is 0. The Balaban J connectivity index is 1.33. The predicted octanol–water partition coefficient (Wildman–Crippen LogP) is 2.65. The number of carbonyl (C=O) groups excluding carboxylic acids is 1. The van der Waals surface area contributed by atoms with Crippen LogP contribution in [-0.2, 0) is 0 Å². The van der Waals surface area contributed by atoms with Gasteiger partial charge in [-0.05, 0) is 25.1 Å². The second-order valence-electron chi connectivity index (χ2n) is 8.12. The monoisotopic (exact) mass is 443 g/mol. The van der Waals surface area contributed by atoms with E-state index in [2.05, 4.69) is 20.2 Å². The summed E-state index contributed by atoms with van der Waals surface area (Å²) in [4.78, 5) is 26.3. The van der Waals surface area contributed by atoms with E-state index in [-0.39, 0.29) is 34.7 Å². The third-order valence-electron chi connectivity index (χ3n) is 5.98. The van der Waals surface area contributed by atoms with Gasteiger partial charge in [0.2, 0.25) is 5.95 Å². The minimum absolute atomic E-state index is 0.0656. The van der Waals surface area contributed by atoms with Crippen molar-refractivity contribution in [2.75, 3.05) is 31.1 Å². The molecule has 0 radical (unpaired) electrons. The summed E-state index contributed by atoms with van der Waals surface area (Å²) in [5.41, 5.74) is 0.412. The van der Waals surface area contributed by atoms with E-state index < -0.39 is 18.1 Å².